The molecule has 5 aromatic rings. The summed E-state index contributed by atoms with van der Waals surface area (Å²) < 4.78 is 0. The minimum atomic E-state index is -0.161. The van der Waals surface area contributed by atoms with Crippen LogP contribution in [0.2, 0.25) is 0 Å². The van der Waals surface area contributed by atoms with Crippen LogP contribution >= 0.6 is 0 Å². The molecule has 2 aliphatic rings. The standard InChI is InChI=1S/C40H34N2/c1-40(28-12-19-32-16-7-9-22-38(32)40)41(2)34-24-26-35(27-25-34)42(39-23-11-17-31-15-6-8-21-37(31)39)36-20-10-18-33(29-36)30-13-4-3-5-14-30/h3-29,38H,1-2H3. The molecule has 204 valence electrons. The number of rotatable bonds is 6. The lowest BCUT2D eigenvalue weighted by molar-refractivity contribution is 0.453. The molecule has 2 nitrogen and oxygen atoms in total. The molecule has 0 radical (unpaired) electrons. The molecule has 5 aromatic carbocycles. The van der Waals surface area contributed by atoms with E-state index in [4.69, 9.17) is 0 Å². The van der Waals surface area contributed by atoms with Gasteiger partial charge in [0.05, 0.1) is 11.2 Å². The van der Waals surface area contributed by atoms with E-state index in [2.05, 4.69) is 188 Å². The van der Waals surface area contributed by atoms with Crippen LogP contribution < -0.4 is 9.80 Å². The van der Waals surface area contributed by atoms with Gasteiger partial charge in [-0.2, -0.15) is 0 Å². The van der Waals surface area contributed by atoms with Crippen molar-refractivity contribution in [2.75, 3.05) is 16.8 Å². The van der Waals surface area contributed by atoms with Gasteiger partial charge in [-0.3, -0.25) is 0 Å². The summed E-state index contributed by atoms with van der Waals surface area (Å²) in [5.41, 5.74) is 8.21. The Hall–Kier alpha value is -5.08. The van der Waals surface area contributed by atoms with Gasteiger partial charge in [-0.05, 0) is 71.5 Å². The van der Waals surface area contributed by atoms with Crippen LogP contribution in [0.25, 0.3) is 21.9 Å². The summed E-state index contributed by atoms with van der Waals surface area (Å²) >= 11 is 0. The van der Waals surface area contributed by atoms with Gasteiger partial charge in [0.1, 0.15) is 0 Å². The van der Waals surface area contributed by atoms with Crippen molar-refractivity contribution >= 4 is 33.5 Å². The highest BCUT2D eigenvalue weighted by molar-refractivity contribution is 5.99. The summed E-state index contributed by atoms with van der Waals surface area (Å²) in [6, 6.07) is 43.7. The highest BCUT2D eigenvalue weighted by Crippen LogP contribution is 2.43. The Morgan fingerprint density at radius 3 is 2.19 bits per heavy atom. The number of allylic oxidation sites excluding steroid dienone is 5. The maximum absolute atomic E-state index is 2.41. The molecule has 0 amide bonds. The molecular weight excluding hydrogens is 508 g/mol. The van der Waals surface area contributed by atoms with Crippen molar-refractivity contribution in [3.8, 4) is 11.1 Å². The summed E-state index contributed by atoms with van der Waals surface area (Å²) in [4.78, 5) is 4.79. The van der Waals surface area contributed by atoms with E-state index in [9.17, 15) is 0 Å². The zero-order valence-electron chi connectivity index (χ0n) is 24.1. The van der Waals surface area contributed by atoms with Gasteiger partial charge in [0, 0.05) is 35.4 Å². The first-order valence-electron chi connectivity index (χ1n) is 14.6. The van der Waals surface area contributed by atoms with Gasteiger partial charge in [-0.25, -0.2) is 0 Å². The van der Waals surface area contributed by atoms with Crippen molar-refractivity contribution in [3.63, 3.8) is 0 Å². The fourth-order valence-corrected chi connectivity index (χ4v) is 6.42. The highest BCUT2D eigenvalue weighted by atomic mass is 15.2. The van der Waals surface area contributed by atoms with Crippen LogP contribution in [0, 0.1) is 5.92 Å². The summed E-state index contributed by atoms with van der Waals surface area (Å²) in [7, 11) is 2.21. The van der Waals surface area contributed by atoms with E-state index in [0.717, 1.165) is 17.1 Å². The molecule has 0 heterocycles. The maximum Gasteiger partial charge on any atom is 0.0659 e. The number of benzene rings is 5. The molecule has 2 aliphatic carbocycles. The molecule has 0 fully saturated rings. The lowest BCUT2D eigenvalue weighted by Crippen LogP contribution is -2.49. The van der Waals surface area contributed by atoms with Crippen LogP contribution in [-0.2, 0) is 0 Å². The molecule has 2 heteroatoms. The van der Waals surface area contributed by atoms with Gasteiger partial charge in [-0.1, -0.05) is 121 Å². The Balaban J connectivity index is 1.31. The maximum atomic E-state index is 2.41. The predicted molar refractivity (Wildman–Crippen MR) is 180 cm³/mol. The van der Waals surface area contributed by atoms with E-state index < -0.39 is 0 Å². The average molecular weight is 543 g/mol. The Labute approximate surface area is 248 Å². The summed E-state index contributed by atoms with van der Waals surface area (Å²) in [5.74, 6) is 0.310. The first kappa shape index (κ1) is 25.9. The minimum absolute atomic E-state index is 0.161. The Bertz CT molecular complexity index is 1850. The average Bonchev–Trinajstić information content (AvgIpc) is 3.06. The van der Waals surface area contributed by atoms with Crippen LogP contribution in [-0.4, -0.2) is 12.6 Å². The number of hydrogen-bond donors (Lipinski definition) is 0. The molecule has 2 unspecified atom stereocenters. The smallest absolute Gasteiger partial charge is 0.0659 e. The molecular formula is C40H34N2. The quantitative estimate of drug-likeness (QED) is 0.211. The predicted octanol–water partition coefficient (Wildman–Crippen LogP) is 10.4. The topological polar surface area (TPSA) is 6.48 Å². The van der Waals surface area contributed by atoms with Crippen LogP contribution in [0.3, 0.4) is 0 Å². The van der Waals surface area contributed by atoms with Gasteiger partial charge in [0.2, 0.25) is 0 Å². The van der Waals surface area contributed by atoms with Crippen molar-refractivity contribution in [1.29, 1.82) is 0 Å². The molecule has 42 heavy (non-hydrogen) atoms. The summed E-state index contributed by atoms with van der Waals surface area (Å²) in [6.45, 7) is 2.33. The van der Waals surface area contributed by atoms with E-state index in [1.165, 1.54) is 33.2 Å². The molecule has 2 atom stereocenters. The van der Waals surface area contributed by atoms with Gasteiger partial charge >= 0.3 is 0 Å². The normalized spacial score (nSPS) is 18.9. The number of anilines is 4. The van der Waals surface area contributed by atoms with E-state index in [1.54, 1.807) is 0 Å². The summed E-state index contributed by atoms with van der Waals surface area (Å²) in [5, 5.41) is 2.45. The Morgan fingerprint density at radius 1 is 0.619 bits per heavy atom. The largest absolute Gasteiger partial charge is 0.365 e. The van der Waals surface area contributed by atoms with Gasteiger partial charge in [-0.15, -0.1) is 0 Å². The lowest BCUT2D eigenvalue weighted by Gasteiger charge is -2.45. The third kappa shape index (κ3) is 4.55. The molecule has 0 saturated heterocycles. The number of nitrogens with zero attached hydrogens (tertiary/aromatic N) is 2. The van der Waals surface area contributed by atoms with Crippen LogP contribution in [0.15, 0.2) is 169 Å². The van der Waals surface area contributed by atoms with Gasteiger partial charge in [0.25, 0.3) is 0 Å². The molecule has 0 N–H and O–H groups in total. The first-order chi connectivity index (χ1) is 20.6. The number of hydrogen-bond acceptors (Lipinski definition) is 2. The fourth-order valence-electron chi connectivity index (χ4n) is 6.42. The highest BCUT2D eigenvalue weighted by Gasteiger charge is 2.38. The number of fused-ring (bicyclic) bond motifs is 2. The fraction of sp³-hybridized carbons (Fsp3) is 0.100. The van der Waals surface area contributed by atoms with Crippen LogP contribution in [0.1, 0.15) is 6.92 Å². The second-order valence-corrected chi connectivity index (χ2v) is 11.3. The van der Waals surface area contributed by atoms with E-state index in [0.29, 0.717) is 5.92 Å². The molecule has 7 rings (SSSR count). The molecule has 0 bridgehead atoms. The SMILES string of the molecule is CN(c1ccc(N(c2cccc(-c3ccccc3)c2)c2cccc3ccccc23)cc1)C1(C)C=CC=C2C=CC=CC21. The second-order valence-electron chi connectivity index (χ2n) is 11.3. The zero-order chi connectivity index (χ0) is 28.5. The third-order valence-electron chi connectivity index (χ3n) is 8.85. The van der Waals surface area contributed by atoms with Crippen LogP contribution in [0.5, 0.6) is 0 Å². The van der Waals surface area contributed by atoms with Crippen molar-refractivity contribution in [3.05, 3.63) is 169 Å². The summed E-state index contributed by atoms with van der Waals surface area (Å²) in [6.07, 6.45) is 15.6. The molecule has 0 saturated carbocycles. The van der Waals surface area contributed by atoms with Gasteiger partial charge in [0.15, 0.2) is 0 Å². The monoisotopic (exact) mass is 542 g/mol. The number of likely N-dealkylation sites (N-methyl/N-ethyl adjacent to an activating group) is 1. The van der Waals surface area contributed by atoms with Crippen molar-refractivity contribution in [2.24, 2.45) is 5.92 Å². The van der Waals surface area contributed by atoms with Crippen molar-refractivity contribution < 1.29 is 0 Å². The van der Waals surface area contributed by atoms with E-state index in [-0.39, 0.29) is 5.54 Å². The molecule has 0 aromatic heterocycles. The van der Waals surface area contributed by atoms with Crippen molar-refractivity contribution in [1.82, 2.24) is 0 Å². The minimum Gasteiger partial charge on any atom is -0.365 e. The Morgan fingerprint density at radius 2 is 1.33 bits per heavy atom. The van der Waals surface area contributed by atoms with E-state index in [1.807, 2.05) is 0 Å². The van der Waals surface area contributed by atoms with E-state index >= 15 is 0 Å². The van der Waals surface area contributed by atoms with Crippen LogP contribution in [0.4, 0.5) is 22.7 Å². The Kier molecular flexibility index (Phi) is 6.60. The molecule has 0 spiro atoms. The lowest BCUT2D eigenvalue weighted by atomic mass is 9.74. The third-order valence-corrected chi connectivity index (χ3v) is 8.85. The van der Waals surface area contributed by atoms with Gasteiger partial charge < -0.3 is 9.80 Å². The first-order valence-corrected chi connectivity index (χ1v) is 14.6. The van der Waals surface area contributed by atoms with Crippen molar-refractivity contribution in [2.45, 2.75) is 12.5 Å². The second kappa shape index (κ2) is 10.7. The molecule has 0 aliphatic heterocycles. The zero-order valence-corrected chi connectivity index (χ0v) is 24.1.